The lowest BCUT2D eigenvalue weighted by molar-refractivity contribution is -0.137. The lowest BCUT2D eigenvalue weighted by Crippen LogP contribution is -2.33. The summed E-state index contributed by atoms with van der Waals surface area (Å²) in [5, 5.41) is 14.1. The molecule has 0 aromatic heterocycles. The maximum atomic E-state index is 11.8. The van der Waals surface area contributed by atoms with E-state index in [1.54, 1.807) is 6.92 Å². The number of benzene rings is 1. The van der Waals surface area contributed by atoms with Gasteiger partial charge in [-0.1, -0.05) is 19.1 Å². The number of urea groups is 1. The first kappa shape index (κ1) is 15.8. The van der Waals surface area contributed by atoms with E-state index < -0.39 is 5.97 Å². The molecule has 3 N–H and O–H groups in total. The fourth-order valence-corrected chi connectivity index (χ4v) is 1.77. The second-order valence-electron chi connectivity index (χ2n) is 4.95. The summed E-state index contributed by atoms with van der Waals surface area (Å²) in [6.07, 6.45) is 0.0363. The van der Waals surface area contributed by atoms with Crippen LogP contribution in [0, 0.1) is 5.92 Å². The zero-order valence-corrected chi connectivity index (χ0v) is 12.0. The van der Waals surface area contributed by atoms with Crippen molar-refractivity contribution in [2.75, 3.05) is 30.9 Å². The molecule has 1 unspecified atom stereocenters. The highest BCUT2D eigenvalue weighted by atomic mass is 16.4. The highest BCUT2D eigenvalue weighted by molar-refractivity contribution is 5.93. The number of anilines is 2. The summed E-state index contributed by atoms with van der Waals surface area (Å²) < 4.78 is 0. The third kappa shape index (κ3) is 5.17. The summed E-state index contributed by atoms with van der Waals surface area (Å²) in [6, 6.07) is 7.12. The third-order valence-corrected chi connectivity index (χ3v) is 2.77. The molecule has 0 heterocycles. The van der Waals surface area contributed by atoms with Crippen molar-refractivity contribution in [3.63, 3.8) is 0 Å². The predicted molar refractivity (Wildman–Crippen MR) is 79.2 cm³/mol. The summed E-state index contributed by atoms with van der Waals surface area (Å²) in [7, 11) is 3.79. The molecule has 1 aromatic rings. The van der Waals surface area contributed by atoms with Crippen LogP contribution in [-0.2, 0) is 4.79 Å². The van der Waals surface area contributed by atoms with Crippen LogP contribution in [-0.4, -0.2) is 37.7 Å². The van der Waals surface area contributed by atoms with Gasteiger partial charge in [0.2, 0.25) is 0 Å². The fraction of sp³-hybridized carbons (Fsp3) is 0.429. The van der Waals surface area contributed by atoms with Gasteiger partial charge in [-0.3, -0.25) is 4.79 Å². The maximum absolute atomic E-state index is 11.8. The molecule has 2 amide bonds. The van der Waals surface area contributed by atoms with Crippen LogP contribution < -0.4 is 15.5 Å². The largest absolute Gasteiger partial charge is 0.481 e. The van der Waals surface area contributed by atoms with Crippen molar-refractivity contribution >= 4 is 23.4 Å². The Balaban J connectivity index is 2.53. The first-order chi connectivity index (χ1) is 9.40. The lowest BCUT2D eigenvalue weighted by atomic mass is 10.1. The number of para-hydroxylation sites is 2. The third-order valence-electron chi connectivity index (χ3n) is 2.77. The van der Waals surface area contributed by atoms with Gasteiger partial charge in [0.1, 0.15) is 0 Å². The van der Waals surface area contributed by atoms with Gasteiger partial charge in [-0.25, -0.2) is 4.79 Å². The number of rotatable bonds is 6. The highest BCUT2D eigenvalue weighted by Gasteiger charge is 2.11. The van der Waals surface area contributed by atoms with Gasteiger partial charge in [0.25, 0.3) is 0 Å². The van der Waals surface area contributed by atoms with E-state index in [4.69, 9.17) is 5.11 Å². The number of amides is 2. The van der Waals surface area contributed by atoms with Crippen molar-refractivity contribution in [1.29, 1.82) is 0 Å². The molecule has 1 atom stereocenters. The van der Waals surface area contributed by atoms with Crippen LogP contribution in [0.3, 0.4) is 0 Å². The Morgan fingerprint density at radius 2 is 1.95 bits per heavy atom. The fourth-order valence-electron chi connectivity index (χ4n) is 1.77. The molecule has 6 nitrogen and oxygen atoms in total. The predicted octanol–water partition coefficient (Wildman–Crippen LogP) is 1.98. The first-order valence-corrected chi connectivity index (χ1v) is 6.43. The monoisotopic (exact) mass is 279 g/mol. The molecular weight excluding hydrogens is 258 g/mol. The molecule has 0 saturated heterocycles. The van der Waals surface area contributed by atoms with E-state index in [1.165, 1.54) is 0 Å². The van der Waals surface area contributed by atoms with Crippen LogP contribution in [0.1, 0.15) is 13.3 Å². The number of nitrogens with zero attached hydrogens (tertiary/aromatic N) is 1. The van der Waals surface area contributed by atoms with Crippen molar-refractivity contribution in [2.45, 2.75) is 13.3 Å². The lowest BCUT2D eigenvalue weighted by Gasteiger charge is -2.18. The minimum atomic E-state index is -0.863. The van der Waals surface area contributed by atoms with Gasteiger partial charge < -0.3 is 20.6 Å². The van der Waals surface area contributed by atoms with E-state index in [1.807, 2.05) is 43.3 Å². The first-order valence-electron chi connectivity index (χ1n) is 6.43. The average Bonchev–Trinajstić information content (AvgIpc) is 2.36. The molecule has 1 aromatic carbocycles. The summed E-state index contributed by atoms with van der Waals surface area (Å²) >= 11 is 0. The van der Waals surface area contributed by atoms with Gasteiger partial charge in [0, 0.05) is 27.1 Å². The van der Waals surface area contributed by atoms with Gasteiger partial charge in [-0.2, -0.15) is 0 Å². The van der Waals surface area contributed by atoms with E-state index in [9.17, 15) is 9.59 Å². The molecule has 20 heavy (non-hydrogen) atoms. The minimum Gasteiger partial charge on any atom is -0.481 e. The van der Waals surface area contributed by atoms with Crippen LogP contribution in [0.4, 0.5) is 16.2 Å². The Labute approximate surface area is 118 Å². The molecule has 110 valence electrons. The molecule has 0 aliphatic rings. The molecule has 0 fully saturated rings. The van der Waals surface area contributed by atoms with Crippen molar-refractivity contribution in [3.8, 4) is 0 Å². The molecule has 0 spiro atoms. The zero-order chi connectivity index (χ0) is 15.1. The number of carboxylic acid groups (broad SMARTS) is 1. The number of carboxylic acids is 1. The van der Waals surface area contributed by atoms with E-state index in [0.29, 0.717) is 12.2 Å². The summed E-state index contributed by atoms with van der Waals surface area (Å²) in [5.74, 6) is -0.972. The number of hydrogen-bond donors (Lipinski definition) is 3. The Morgan fingerprint density at radius 3 is 2.55 bits per heavy atom. The van der Waals surface area contributed by atoms with E-state index in [2.05, 4.69) is 10.6 Å². The number of hydrogen-bond acceptors (Lipinski definition) is 3. The SMILES string of the molecule is CC(CNC(=O)Nc1ccccc1N(C)C)CC(=O)O. The Hall–Kier alpha value is -2.24. The number of carbonyl (C=O) groups excluding carboxylic acids is 1. The van der Waals surface area contributed by atoms with Gasteiger partial charge in [-0.05, 0) is 18.1 Å². The minimum absolute atomic E-state index is 0.0363. The quantitative estimate of drug-likeness (QED) is 0.743. The summed E-state index contributed by atoms with van der Waals surface area (Å²) in [5.41, 5.74) is 1.61. The Kier molecular flexibility index (Phi) is 5.83. The van der Waals surface area contributed by atoms with Crippen molar-refractivity contribution in [3.05, 3.63) is 24.3 Å². The van der Waals surface area contributed by atoms with Gasteiger partial charge in [-0.15, -0.1) is 0 Å². The standard InChI is InChI=1S/C14H21N3O3/c1-10(8-13(18)19)9-15-14(20)16-11-6-4-5-7-12(11)17(2)3/h4-7,10H,8-9H2,1-3H3,(H,18,19)(H2,15,16,20). The Bertz CT molecular complexity index is 474. The second kappa shape index (κ2) is 7.37. The van der Waals surface area contributed by atoms with Gasteiger partial charge >= 0.3 is 12.0 Å². The molecule has 0 aliphatic carbocycles. The average molecular weight is 279 g/mol. The molecule has 6 heteroatoms. The maximum Gasteiger partial charge on any atom is 0.319 e. The molecule has 0 radical (unpaired) electrons. The van der Waals surface area contributed by atoms with E-state index in [0.717, 1.165) is 5.69 Å². The van der Waals surface area contributed by atoms with Crippen LogP contribution in [0.2, 0.25) is 0 Å². The van der Waals surface area contributed by atoms with Gasteiger partial charge in [0.15, 0.2) is 0 Å². The van der Waals surface area contributed by atoms with Crippen molar-refractivity contribution < 1.29 is 14.7 Å². The van der Waals surface area contributed by atoms with E-state index >= 15 is 0 Å². The van der Waals surface area contributed by atoms with Crippen LogP contribution in [0.5, 0.6) is 0 Å². The van der Waals surface area contributed by atoms with Crippen LogP contribution in [0.25, 0.3) is 0 Å². The molecule has 1 rings (SSSR count). The highest BCUT2D eigenvalue weighted by Crippen LogP contribution is 2.23. The normalized spacial score (nSPS) is 11.6. The molecule has 0 saturated carbocycles. The van der Waals surface area contributed by atoms with Crippen LogP contribution in [0.15, 0.2) is 24.3 Å². The molecule has 0 bridgehead atoms. The van der Waals surface area contributed by atoms with E-state index in [-0.39, 0.29) is 18.4 Å². The molecule has 0 aliphatic heterocycles. The topological polar surface area (TPSA) is 81.7 Å². The Morgan fingerprint density at radius 1 is 1.30 bits per heavy atom. The number of nitrogens with one attached hydrogen (secondary N) is 2. The van der Waals surface area contributed by atoms with Crippen molar-refractivity contribution in [2.24, 2.45) is 5.92 Å². The van der Waals surface area contributed by atoms with Crippen molar-refractivity contribution in [1.82, 2.24) is 5.32 Å². The molecular formula is C14H21N3O3. The second-order valence-corrected chi connectivity index (χ2v) is 4.95. The summed E-state index contributed by atoms with van der Waals surface area (Å²) in [6.45, 7) is 2.10. The van der Waals surface area contributed by atoms with Gasteiger partial charge in [0.05, 0.1) is 11.4 Å². The number of carbonyl (C=O) groups is 2. The number of aliphatic carboxylic acids is 1. The smallest absolute Gasteiger partial charge is 0.319 e. The zero-order valence-electron chi connectivity index (χ0n) is 12.0. The summed E-state index contributed by atoms with van der Waals surface area (Å²) in [4.78, 5) is 24.2. The van der Waals surface area contributed by atoms with Crippen LogP contribution >= 0.6 is 0 Å².